The van der Waals surface area contributed by atoms with Gasteiger partial charge in [-0.2, -0.15) is 0 Å². The Kier molecular flexibility index (Phi) is 6.73. The number of esters is 1. The number of rotatable bonds is 8. The van der Waals surface area contributed by atoms with Crippen molar-refractivity contribution in [3.05, 3.63) is 29.8 Å². The average molecular weight is 292 g/mol. The van der Waals surface area contributed by atoms with E-state index in [0.717, 1.165) is 24.2 Å². The van der Waals surface area contributed by atoms with Gasteiger partial charge in [0, 0.05) is 0 Å². The summed E-state index contributed by atoms with van der Waals surface area (Å²) in [6.45, 7) is 8.63. The molecule has 0 spiro atoms. The number of methoxy groups -OCH3 is 1. The number of benzene rings is 1. The van der Waals surface area contributed by atoms with E-state index < -0.39 is 5.41 Å². The van der Waals surface area contributed by atoms with E-state index in [1.54, 1.807) is 7.11 Å². The number of carbonyl (C=O) groups is 1. The Balaban J connectivity index is 3.13. The van der Waals surface area contributed by atoms with Crippen molar-refractivity contribution in [3.8, 4) is 5.75 Å². The molecule has 0 N–H and O–H groups in total. The predicted octanol–water partition coefficient (Wildman–Crippen LogP) is 4.24. The molecule has 0 bridgehead atoms. The zero-order chi connectivity index (χ0) is 15.9. The van der Waals surface area contributed by atoms with E-state index in [9.17, 15) is 4.79 Å². The van der Waals surface area contributed by atoms with Crippen LogP contribution in [0.4, 0.5) is 0 Å². The van der Waals surface area contributed by atoms with Crippen LogP contribution in [-0.4, -0.2) is 19.7 Å². The molecule has 0 heterocycles. The molecule has 3 heteroatoms. The summed E-state index contributed by atoms with van der Waals surface area (Å²) in [5, 5.41) is 0. The predicted molar refractivity (Wildman–Crippen MR) is 85.5 cm³/mol. The average Bonchev–Trinajstić information content (AvgIpc) is 2.46. The smallest absolute Gasteiger partial charge is 0.312 e. The monoisotopic (exact) mass is 292 g/mol. The third-order valence-electron chi connectivity index (χ3n) is 3.91. The summed E-state index contributed by atoms with van der Waals surface area (Å²) >= 11 is 0. The van der Waals surface area contributed by atoms with E-state index >= 15 is 0 Å². The van der Waals surface area contributed by atoms with Crippen LogP contribution in [0.25, 0.3) is 0 Å². The molecule has 1 aromatic carbocycles. The van der Waals surface area contributed by atoms with Crippen LogP contribution in [-0.2, 0) is 16.0 Å². The van der Waals surface area contributed by atoms with E-state index in [0.29, 0.717) is 18.9 Å². The van der Waals surface area contributed by atoms with Gasteiger partial charge in [-0.05, 0) is 43.7 Å². The number of carbonyl (C=O) groups excluding carboxylic acids is 1. The molecule has 1 aromatic rings. The van der Waals surface area contributed by atoms with Crippen molar-refractivity contribution in [1.29, 1.82) is 0 Å². The maximum atomic E-state index is 12.6. The number of ether oxygens (including phenoxy) is 2. The van der Waals surface area contributed by atoms with E-state index in [1.807, 2.05) is 31.2 Å². The van der Waals surface area contributed by atoms with Crippen LogP contribution in [0, 0.1) is 11.3 Å². The van der Waals surface area contributed by atoms with Crippen molar-refractivity contribution in [3.63, 3.8) is 0 Å². The molecule has 1 rings (SSSR count). The normalized spacial score (nSPS) is 13.8. The fourth-order valence-electron chi connectivity index (χ4n) is 2.92. The van der Waals surface area contributed by atoms with E-state index in [2.05, 4.69) is 20.8 Å². The summed E-state index contributed by atoms with van der Waals surface area (Å²) in [6.07, 6.45) is 2.24. The van der Waals surface area contributed by atoms with Gasteiger partial charge in [-0.1, -0.05) is 39.0 Å². The summed E-state index contributed by atoms with van der Waals surface area (Å²) in [4.78, 5) is 12.6. The minimum Gasteiger partial charge on any atom is -0.496 e. The van der Waals surface area contributed by atoms with E-state index in [-0.39, 0.29) is 5.97 Å². The number of hydrogen-bond acceptors (Lipinski definition) is 3. The zero-order valence-electron chi connectivity index (χ0n) is 13.9. The van der Waals surface area contributed by atoms with E-state index in [4.69, 9.17) is 9.47 Å². The molecule has 0 fully saturated rings. The highest BCUT2D eigenvalue weighted by molar-refractivity contribution is 5.77. The second kappa shape index (κ2) is 8.06. The second-order valence-corrected chi connectivity index (χ2v) is 5.94. The summed E-state index contributed by atoms with van der Waals surface area (Å²) in [5.41, 5.74) is 0.592. The van der Waals surface area contributed by atoms with Crippen molar-refractivity contribution in [1.82, 2.24) is 0 Å². The van der Waals surface area contributed by atoms with Crippen LogP contribution in [0.1, 0.15) is 46.1 Å². The quantitative estimate of drug-likeness (QED) is 0.672. The fraction of sp³-hybridized carbons (Fsp3) is 0.611. The highest BCUT2D eigenvalue weighted by atomic mass is 16.5. The highest BCUT2D eigenvalue weighted by Crippen LogP contribution is 2.38. The van der Waals surface area contributed by atoms with Gasteiger partial charge in [-0.3, -0.25) is 4.79 Å². The van der Waals surface area contributed by atoms with Crippen LogP contribution >= 0.6 is 0 Å². The fourth-order valence-corrected chi connectivity index (χ4v) is 2.92. The van der Waals surface area contributed by atoms with Gasteiger partial charge >= 0.3 is 5.97 Å². The first-order valence-corrected chi connectivity index (χ1v) is 7.78. The lowest BCUT2D eigenvalue weighted by molar-refractivity contribution is -0.157. The second-order valence-electron chi connectivity index (χ2n) is 5.94. The van der Waals surface area contributed by atoms with Gasteiger partial charge in [0.05, 0.1) is 19.1 Å². The molecule has 0 amide bonds. The lowest BCUT2D eigenvalue weighted by atomic mass is 9.73. The molecule has 1 atom stereocenters. The molecule has 0 saturated heterocycles. The standard InChI is InChI=1S/C18H28O3/c1-6-18(12-14(3)4,17(19)21-7-2)13-15-10-8-9-11-16(15)20-5/h8-11,14H,6-7,12-13H2,1-5H3. The molecular formula is C18H28O3. The largest absolute Gasteiger partial charge is 0.496 e. The van der Waals surface area contributed by atoms with Gasteiger partial charge in [-0.25, -0.2) is 0 Å². The molecular weight excluding hydrogens is 264 g/mol. The zero-order valence-corrected chi connectivity index (χ0v) is 13.9. The Bertz CT molecular complexity index is 454. The minimum absolute atomic E-state index is 0.0906. The molecule has 0 aliphatic heterocycles. The molecule has 21 heavy (non-hydrogen) atoms. The summed E-state index contributed by atoms with van der Waals surface area (Å²) < 4.78 is 10.8. The Morgan fingerprint density at radius 2 is 1.90 bits per heavy atom. The van der Waals surface area contributed by atoms with Gasteiger partial charge in [0.1, 0.15) is 5.75 Å². The van der Waals surface area contributed by atoms with Crippen molar-refractivity contribution >= 4 is 5.97 Å². The van der Waals surface area contributed by atoms with Crippen LogP contribution < -0.4 is 4.74 Å². The molecule has 0 aliphatic carbocycles. The van der Waals surface area contributed by atoms with Crippen molar-refractivity contribution < 1.29 is 14.3 Å². The van der Waals surface area contributed by atoms with Gasteiger partial charge in [0.15, 0.2) is 0 Å². The van der Waals surface area contributed by atoms with Crippen molar-refractivity contribution in [2.45, 2.75) is 47.0 Å². The number of para-hydroxylation sites is 1. The molecule has 0 saturated carbocycles. The topological polar surface area (TPSA) is 35.5 Å². The van der Waals surface area contributed by atoms with Crippen molar-refractivity contribution in [2.24, 2.45) is 11.3 Å². The summed E-state index contributed by atoms with van der Waals surface area (Å²) in [6, 6.07) is 7.90. The first-order chi connectivity index (χ1) is 9.99. The third-order valence-corrected chi connectivity index (χ3v) is 3.91. The Morgan fingerprint density at radius 3 is 2.43 bits per heavy atom. The molecule has 0 aromatic heterocycles. The Labute approximate surface area is 128 Å². The van der Waals surface area contributed by atoms with Crippen LogP contribution in [0.5, 0.6) is 5.75 Å². The third kappa shape index (κ3) is 4.48. The molecule has 0 radical (unpaired) electrons. The minimum atomic E-state index is -0.473. The first kappa shape index (κ1) is 17.5. The van der Waals surface area contributed by atoms with Gasteiger partial charge in [0.2, 0.25) is 0 Å². The SMILES string of the molecule is CCOC(=O)C(CC)(Cc1ccccc1OC)CC(C)C. The van der Waals surface area contributed by atoms with Crippen LogP contribution in [0.15, 0.2) is 24.3 Å². The Morgan fingerprint density at radius 1 is 1.24 bits per heavy atom. The maximum absolute atomic E-state index is 12.6. The number of hydrogen-bond donors (Lipinski definition) is 0. The highest BCUT2D eigenvalue weighted by Gasteiger charge is 2.39. The molecule has 118 valence electrons. The van der Waals surface area contributed by atoms with Crippen molar-refractivity contribution in [2.75, 3.05) is 13.7 Å². The molecule has 0 aliphatic rings. The van der Waals surface area contributed by atoms with Gasteiger partial charge < -0.3 is 9.47 Å². The van der Waals surface area contributed by atoms with Gasteiger partial charge in [-0.15, -0.1) is 0 Å². The Hall–Kier alpha value is -1.51. The first-order valence-electron chi connectivity index (χ1n) is 7.78. The lowest BCUT2D eigenvalue weighted by Gasteiger charge is -2.32. The maximum Gasteiger partial charge on any atom is 0.312 e. The van der Waals surface area contributed by atoms with Crippen LogP contribution in [0.2, 0.25) is 0 Å². The van der Waals surface area contributed by atoms with Crippen LogP contribution in [0.3, 0.4) is 0 Å². The summed E-state index contributed by atoms with van der Waals surface area (Å²) in [5.74, 6) is 1.18. The van der Waals surface area contributed by atoms with E-state index in [1.165, 1.54) is 0 Å². The lowest BCUT2D eigenvalue weighted by Crippen LogP contribution is -2.36. The molecule has 3 nitrogen and oxygen atoms in total. The summed E-state index contributed by atoms with van der Waals surface area (Å²) in [7, 11) is 1.67. The van der Waals surface area contributed by atoms with Gasteiger partial charge in [0.25, 0.3) is 0 Å². The molecule has 1 unspecified atom stereocenters.